The Labute approximate surface area is 87.9 Å². The van der Waals surface area contributed by atoms with Crippen molar-refractivity contribution in [1.29, 1.82) is 0 Å². The molecule has 0 unspecified atom stereocenters. The summed E-state index contributed by atoms with van der Waals surface area (Å²) in [7, 11) is 1.86. The number of nitrogens with one attached hydrogen (secondary N) is 1. The Balaban J connectivity index is 3.77. The Hall–Kier alpha value is -0.570. The predicted octanol–water partition coefficient (Wildman–Crippen LogP) is 1.49. The number of rotatable bonds is 5. The summed E-state index contributed by atoms with van der Waals surface area (Å²) in [5.41, 5.74) is 0.176. The molecular weight excluding hydrogens is 176 g/mol. The first-order valence-corrected chi connectivity index (χ1v) is 5.31. The molecule has 3 heteroatoms. The summed E-state index contributed by atoms with van der Waals surface area (Å²) in [4.78, 5) is 13.4. The zero-order valence-corrected chi connectivity index (χ0v) is 10.2. The number of nitrogens with zero attached hydrogens (tertiary/aromatic N) is 1. The molecule has 0 atom stereocenters. The maximum Gasteiger partial charge on any atom is 0.236 e. The van der Waals surface area contributed by atoms with Crippen LogP contribution in [0.5, 0.6) is 0 Å². The Morgan fingerprint density at radius 3 is 2.36 bits per heavy atom. The van der Waals surface area contributed by atoms with Gasteiger partial charge in [0.25, 0.3) is 0 Å². The molecule has 0 fully saturated rings. The van der Waals surface area contributed by atoms with Crippen LogP contribution in [-0.4, -0.2) is 37.5 Å². The highest BCUT2D eigenvalue weighted by Crippen LogP contribution is 2.13. The summed E-state index contributed by atoms with van der Waals surface area (Å²) in [6, 6.07) is 0. The molecule has 0 saturated heterocycles. The molecule has 0 saturated carbocycles. The molecule has 0 aliphatic heterocycles. The van der Waals surface area contributed by atoms with E-state index in [1.165, 1.54) is 0 Å². The van der Waals surface area contributed by atoms with Crippen molar-refractivity contribution in [2.75, 3.05) is 26.7 Å². The highest BCUT2D eigenvalue weighted by Gasteiger charge is 2.16. The van der Waals surface area contributed by atoms with Crippen molar-refractivity contribution in [3.8, 4) is 0 Å². The largest absolute Gasteiger partial charge is 0.344 e. The molecule has 0 radical (unpaired) electrons. The second-order valence-corrected chi connectivity index (χ2v) is 4.99. The SMILES string of the molecule is CCCNCC(=O)N(C)CC(C)(C)C. The number of likely N-dealkylation sites (N-methyl/N-ethyl adjacent to an activating group) is 1. The van der Waals surface area contributed by atoms with Gasteiger partial charge in [-0.05, 0) is 18.4 Å². The fourth-order valence-corrected chi connectivity index (χ4v) is 1.31. The van der Waals surface area contributed by atoms with Crippen molar-refractivity contribution in [3.05, 3.63) is 0 Å². The fourth-order valence-electron chi connectivity index (χ4n) is 1.31. The third kappa shape index (κ3) is 6.89. The molecule has 0 aromatic rings. The van der Waals surface area contributed by atoms with Crippen LogP contribution < -0.4 is 5.32 Å². The minimum atomic E-state index is 0.174. The molecule has 1 amide bonds. The van der Waals surface area contributed by atoms with Crippen molar-refractivity contribution in [2.24, 2.45) is 5.41 Å². The first-order valence-electron chi connectivity index (χ1n) is 5.31. The van der Waals surface area contributed by atoms with E-state index in [1.807, 2.05) is 7.05 Å². The summed E-state index contributed by atoms with van der Waals surface area (Å²) >= 11 is 0. The van der Waals surface area contributed by atoms with Gasteiger partial charge in [0.15, 0.2) is 0 Å². The van der Waals surface area contributed by atoms with Gasteiger partial charge in [0.2, 0.25) is 5.91 Å². The van der Waals surface area contributed by atoms with E-state index >= 15 is 0 Å². The first-order chi connectivity index (χ1) is 6.37. The minimum Gasteiger partial charge on any atom is -0.344 e. The van der Waals surface area contributed by atoms with E-state index in [-0.39, 0.29) is 11.3 Å². The topological polar surface area (TPSA) is 32.3 Å². The van der Waals surface area contributed by atoms with E-state index in [2.05, 4.69) is 33.0 Å². The van der Waals surface area contributed by atoms with Crippen LogP contribution in [0.15, 0.2) is 0 Å². The minimum absolute atomic E-state index is 0.174. The van der Waals surface area contributed by atoms with Crippen molar-refractivity contribution >= 4 is 5.91 Å². The molecule has 14 heavy (non-hydrogen) atoms. The van der Waals surface area contributed by atoms with E-state index < -0.39 is 0 Å². The van der Waals surface area contributed by atoms with Crippen molar-refractivity contribution in [1.82, 2.24) is 10.2 Å². The number of hydrogen-bond acceptors (Lipinski definition) is 2. The quantitative estimate of drug-likeness (QED) is 0.682. The van der Waals surface area contributed by atoms with Crippen LogP contribution in [-0.2, 0) is 4.79 Å². The summed E-state index contributed by atoms with van der Waals surface area (Å²) < 4.78 is 0. The Morgan fingerprint density at radius 2 is 1.93 bits per heavy atom. The lowest BCUT2D eigenvalue weighted by Gasteiger charge is -2.26. The fraction of sp³-hybridized carbons (Fsp3) is 0.909. The van der Waals surface area contributed by atoms with E-state index in [0.717, 1.165) is 19.5 Å². The molecule has 3 nitrogen and oxygen atoms in total. The van der Waals surface area contributed by atoms with Crippen LogP contribution in [0.3, 0.4) is 0 Å². The van der Waals surface area contributed by atoms with Crippen molar-refractivity contribution in [3.63, 3.8) is 0 Å². The highest BCUT2D eigenvalue weighted by atomic mass is 16.2. The van der Waals surface area contributed by atoms with E-state index in [1.54, 1.807) is 4.90 Å². The van der Waals surface area contributed by atoms with Crippen LogP contribution in [0.25, 0.3) is 0 Å². The maximum atomic E-state index is 11.6. The third-order valence-electron chi connectivity index (χ3n) is 1.84. The van der Waals surface area contributed by atoms with Crippen LogP contribution in [0.2, 0.25) is 0 Å². The molecule has 0 aliphatic rings. The summed E-state index contributed by atoms with van der Waals surface area (Å²) in [6.07, 6.45) is 1.07. The van der Waals surface area contributed by atoms with Crippen LogP contribution in [0.1, 0.15) is 34.1 Å². The Bertz CT molecular complexity index is 173. The molecule has 0 rings (SSSR count). The number of amides is 1. The standard InChI is InChI=1S/C11H24N2O/c1-6-7-12-8-10(14)13(5)9-11(2,3)4/h12H,6-9H2,1-5H3. The average Bonchev–Trinajstić information content (AvgIpc) is 2.01. The average molecular weight is 200 g/mol. The van der Waals surface area contributed by atoms with Gasteiger partial charge in [-0.15, -0.1) is 0 Å². The second-order valence-electron chi connectivity index (χ2n) is 4.99. The lowest BCUT2D eigenvalue weighted by atomic mass is 9.96. The van der Waals surface area contributed by atoms with Gasteiger partial charge in [-0.25, -0.2) is 0 Å². The molecule has 0 heterocycles. The highest BCUT2D eigenvalue weighted by molar-refractivity contribution is 5.77. The van der Waals surface area contributed by atoms with Gasteiger partial charge in [-0.3, -0.25) is 4.79 Å². The zero-order chi connectivity index (χ0) is 11.2. The molecule has 1 N–H and O–H groups in total. The van der Waals surface area contributed by atoms with Gasteiger partial charge < -0.3 is 10.2 Å². The lowest BCUT2D eigenvalue weighted by molar-refractivity contribution is -0.130. The first kappa shape index (κ1) is 13.4. The zero-order valence-electron chi connectivity index (χ0n) is 10.2. The van der Waals surface area contributed by atoms with Gasteiger partial charge in [0.05, 0.1) is 6.54 Å². The molecule has 0 spiro atoms. The Morgan fingerprint density at radius 1 is 1.36 bits per heavy atom. The number of hydrogen-bond donors (Lipinski definition) is 1. The van der Waals surface area contributed by atoms with Crippen LogP contribution >= 0.6 is 0 Å². The maximum absolute atomic E-state index is 11.6. The summed E-state index contributed by atoms with van der Waals surface area (Å²) in [5.74, 6) is 0.174. The predicted molar refractivity (Wildman–Crippen MR) is 60.3 cm³/mol. The van der Waals surface area contributed by atoms with Gasteiger partial charge in [-0.1, -0.05) is 27.7 Å². The number of carbonyl (C=O) groups is 1. The lowest BCUT2D eigenvalue weighted by Crippen LogP contribution is -2.40. The van der Waals surface area contributed by atoms with Crippen molar-refractivity contribution in [2.45, 2.75) is 34.1 Å². The van der Waals surface area contributed by atoms with Gasteiger partial charge >= 0.3 is 0 Å². The van der Waals surface area contributed by atoms with E-state index in [4.69, 9.17) is 0 Å². The molecule has 0 aromatic carbocycles. The van der Waals surface area contributed by atoms with E-state index in [0.29, 0.717) is 6.54 Å². The molecular formula is C11H24N2O. The summed E-state index contributed by atoms with van der Waals surface area (Å²) in [6.45, 7) is 10.7. The molecule has 0 aliphatic carbocycles. The normalized spacial score (nSPS) is 11.5. The summed E-state index contributed by atoms with van der Waals surface area (Å²) in [5, 5.41) is 3.11. The third-order valence-corrected chi connectivity index (χ3v) is 1.84. The monoisotopic (exact) mass is 200 g/mol. The number of carbonyl (C=O) groups excluding carboxylic acids is 1. The smallest absolute Gasteiger partial charge is 0.236 e. The van der Waals surface area contributed by atoms with Gasteiger partial charge in [-0.2, -0.15) is 0 Å². The van der Waals surface area contributed by atoms with Gasteiger partial charge in [0, 0.05) is 13.6 Å². The molecule has 84 valence electrons. The van der Waals surface area contributed by atoms with E-state index in [9.17, 15) is 4.79 Å². The molecule has 0 bridgehead atoms. The Kier molecular flexibility index (Phi) is 5.77. The second kappa shape index (κ2) is 6.02. The van der Waals surface area contributed by atoms with Crippen molar-refractivity contribution < 1.29 is 4.79 Å². The van der Waals surface area contributed by atoms with Crippen LogP contribution in [0, 0.1) is 5.41 Å². The van der Waals surface area contributed by atoms with Gasteiger partial charge in [0.1, 0.15) is 0 Å². The molecule has 0 aromatic heterocycles. The van der Waals surface area contributed by atoms with Crippen LogP contribution in [0.4, 0.5) is 0 Å².